The monoisotopic (exact) mass is 461 g/mol. The predicted octanol–water partition coefficient (Wildman–Crippen LogP) is 3.81. The van der Waals surface area contributed by atoms with E-state index in [-0.39, 0.29) is 23.1 Å². The molecule has 1 aromatic carbocycles. The van der Waals surface area contributed by atoms with Gasteiger partial charge in [0.25, 0.3) is 5.91 Å². The predicted molar refractivity (Wildman–Crippen MR) is 118 cm³/mol. The minimum Gasteiger partial charge on any atom is -0.443 e. The first-order valence-electron chi connectivity index (χ1n) is 10.7. The third-order valence-electron chi connectivity index (χ3n) is 6.96. The molecule has 31 heavy (non-hydrogen) atoms. The zero-order chi connectivity index (χ0) is 21.2. The lowest BCUT2D eigenvalue weighted by Gasteiger charge is -2.57. The molecule has 1 amide bonds. The van der Waals surface area contributed by atoms with Gasteiger partial charge in [-0.1, -0.05) is 11.6 Å². The van der Waals surface area contributed by atoms with Crippen LogP contribution >= 0.6 is 11.6 Å². The van der Waals surface area contributed by atoms with Crippen molar-refractivity contribution in [3.05, 3.63) is 47.0 Å². The van der Waals surface area contributed by atoms with Crippen LogP contribution in [0.2, 0.25) is 5.02 Å². The Labute approximate surface area is 185 Å². The van der Waals surface area contributed by atoms with E-state index in [9.17, 15) is 9.00 Å². The van der Waals surface area contributed by atoms with Gasteiger partial charge in [0.05, 0.1) is 0 Å². The first kappa shape index (κ1) is 19.5. The van der Waals surface area contributed by atoms with Crippen LogP contribution in [0, 0.1) is 5.41 Å². The van der Waals surface area contributed by atoms with Crippen molar-refractivity contribution < 1.29 is 17.8 Å². The molecule has 3 aromatic rings. The van der Waals surface area contributed by atoms with Crippen molar-refractivity contribution >= 4 is 38.7 Å². The number of hydrogen-bond donors (Lipinski definition) is 3. The molecule has 6 rings (SSSR count). The van der Waals surface area contributed by atoms with E-state index >= 15 is 0 Å². The zero-order valence-electron chi connectivity index (χ0n) is 16.9. The van der Waals surface area contributed by atoms with Gasteiger partial charge in [0.15, 0.2) is 22.3 Å². The quantitative estimate of drug-likeness (QED) is 0.513. The molecule has 0 bridgehead atoms. The van der Waals surface area contributed by atoms with E-state index in [1.54, 1.807) is 12.1 Å². The fraction of sp³-hybridized carbons (Fsp3) is 0.455. The molecule has 0 radical (unpaired) electrons. The summed E-state index contributed by atoms with van der Waals surface area (Å²) in [5, 5.41) is 4.12. The normalized spacial score (nSPS) is 30.1. The summed E-state index contributed by atoms with van der Waals surface area (Å²) in [5.74, 6) is 1.70. The Morgan fingerprint density at radius 2 is 2.03 bits per heavy atom. The van der Waals surface area contributed by atoms with Gasteiger partial charge < -0.3 is 14.2 Å². The summed E-state index contributed by atoms with van der Waals surface area (Å²) in [7, 11) is -2.65. The molecule has 2 aliphatic carbocycles. The average Bonchev–Trinajstić information content (AvgIpc) is 3.41. The molecule has 2 saturated carbocycles. The molecule has 0 atom stereocenters. The molecule has 0 unspecified atom stereocenters. The lowest BCUT2D eigenvalue weighted by atomic mass is 9.50. The summed E-state index contributed by atoms with van der Waals surface area (Å²) in [5.41, 5.74) is 1.84. The Morgan fingerprint density at radius 3 is 2.81 bits per heavy atom. The second-order valence-electron chi connectivity index (χ2n) is 9.21. The molecule has 3 aliphatic rings. The van der Waals surface area contributed by atoms with Crippen molar-refractivity contribution in [2.75, 3.05) is 12.3 Å². The molecule has 3 fully saturated rings. The van der Waals surface area contributed by atoms with Crippen LogP contribution in [0.3, 0.4) is 0 Å². The molecule has 7 nitrogen and oxygen atoms in total. The zero-order valence-corrected chi connectivity index (χ0v) is 18.5. The maximum atomic E-state index is 12.7. The Bertz CT molecular complexity index is 1210. The molecule has 3 heterocycles. The van der Waals surface area contributed by atoms with Crippen molar-refractivity contribution in [3.63, 3.8) is 0 Å². The second kappa shape index (κ2) is 6.92. The van der Waals surface area contributed by atoms with Gasteiger partial charge in [-0.25, -0.2) is 4.98 Å². The Morgan fingerprint density at radius 1 is 1.19 bits per heavy atom. The van der Waals surface area contributed by atoms with E-state index in [4.69, 9.17) is 20.4 Å². The first-order chi connectivity index (χ1) is 14.9. The van der Waals surface area contributed by atoms with Crippen LogP contribution in [-0.2, 0) is 10.1 Å². The lowest BCUT2D eigenvalue weighted by molar-refractivity contribution is -0.0256. The summed E-state index contributed by atoms with van der Waals surface area (Å²) >= 11 is 6.04. The average molecular weight is 462 g/mol. The fourth-order valence-corrected chi connectivity index (χ4v) is 7.79. The summed E-state index contributed by atoms with van der Waals surface area (Å²) in [6.07, 6.45) is 4.82. The highest BCUT2D eigenvalue weighted by Gasteiger charge is 2.54. The van der Waals surface area contributed by atoms with Crippen LogP contribution < -0.4 is 10.0 Å². The SMILES string of the molecule is O=C(NC1CC2(C1)CC(c1nc3cc(Cl)ccc3o1)C2)c1ccc([SH]2(=O)CCCN2)o1. The highest BCUT2D eigenvalue weighted by atomic mass is 35.5. The minimum atomic E-state index is -2.65. The molecule has 2 aromatic heterocycles. The largest absolute Gasteiger partial charge is 0.443 e. The maximum Gasteiger partial charge on any atom is 0.287 e. The van der Waals surface area contributed by atoms with E-state index in [2.05, 4.69) is 15.0 Å². The highest BCUT2D eigenvalue weighted by molar-refractivity contribution is 8.01. The lowest BCUT2D eigenvalue weighted by Crippen LogP contribution is -2.55. The number of halogens is 1. The first-order valence-corrected chi connectivity index (χ1v) is 13.0. The smallest absolute Gasteiger partial charge is 0.287 e. The number of hydrogen-bond acceptors (Lipinski definition) is 5. The minimum absolute atomic E-state index is 0.144. The number of carbonyl (C=O) groups is 1. The van der Waals surface area contributed by atoms with Crippen molar-refractivity contribution in [1.82, 2.24) is 15.0 Å². The van der Waals surface area contributed by atoms with Crippen LogP contribution in [0.15, 0.2) is 44.3 Å². The Kier molecular flexibility index (Phi) is 4.36. The van der Waals surface area contributed by atoms with E-state index < -0.39 is 10.1 Å². The van der Waals surface area contributed by atoms with Crippen molar-refractivity contribution in [3.8, 4) is 0 Å². The molecule has 9 heteroatoms. The number of rotatable bonds is 4. The molecular weight excluding hydrogens is 438 g/mol. The van der Waals surface area contributed by atoms with Gasteiger partial charge in [0.1, 0.15) is 5.52 Å². The Balaban J connectivity index is 1.04. The van der Waals surface area contributed by atoms with Gasteiger partial charge in [-0.2, -0.15) is 0 Å². The third kappa shape index (κ3) is 3.32. The number of carbonyl (C=O) groups excluding carboxylic acids is 1. The van der Waals surface area contributed by atoms with E-state index in [1.807, 2.05) is 18.2 Å². The standard InChI is InChI=1S/C22H24ClN3O4S/c23-14-2-3-17-16(8-14)26-21(30-17)13-9-22(10-13)11-15(12-22)25-20(27)18-4-5-19(29-18)31(28)7-1-6-24-31/h2-5,8,13,15,31H,1,6-7,9-12H2,(H,24,28)(H,25,27). The van der Waals surface area contributed by atoms with Crippen molar-refractivity contribution in [2.45, 2.75) is 49.2 Å². The molecule has 1 saturated heterocycles. The Hall–Kier alpha value is -2.16. The van der Waals surface area contributed by atoms with Gasteiger partial charge in [-0.3, -0.25) is 13.7 Å². The van der Waals surface area contributed by atoms with Crippen LogP contribution in [0.25, 0.3) is 11.1 Å². The molecule has 1 aliphatic heterocycles. The fourth-order valence-electron chi connectivity index (χ4n) is 5.40. The van der Waals surface area contributed by atoms with Gasteiger partial charge in [-0.15, -0.1) is 0 Å². The van der Waals surface area contributed by atoms with Gasteiger partial charge in [-0.05, 0) is 78.0 Å². The number of thiol groups is 1. The van der Waals surface area contributed by atoms with E-state index in [0.717, 1.165) is 55.6 Å². The summed E-state index contributed by atoms with van der Waals surface area (Å²) in [6, 6.07) is 8.93. The van der Waals surface area contributed by atoms with E-state index in [1.165, 1.54) is 0 Å². The number of amides is 1. The van der Waals surface area contributed by atoms with E-state index in [0.29, 0.717) is 21.8 Å². The highest BCUT2D eigenvalue weighted by Crippen LogP contribution is 2.61. The number of aromatic nitrogens is 1. The molecule has 1 spiro atoms. The van der Waals surface area contributed by atoms with Crippen LogP contribution in [0.4, 0.5) is 0 Å². The van der Waals surface area contributed by atoms with Gasteiger partial charge >= 0.3 is 0 Å². The number of furan rings is 1. The summed E-state index contributed by atoms with van der Waals surface area (Å²) < 4.78 is 27.3. The number of oxazole rings is 1. The number of benzene rings is 1. The summed E-state index contributed by atoms with van der Waals surface area (Å²) in [4.78, 5) is 17.2. The third-order valence-corrected chi connectivity index (χ3v) is 9.82. The van der Waals surface area contributed by atoms with Crippen molar-refractivity contribution in [1.29, 1.82) is 0 Å². The summed E-state index contributed by atoms with van der Waals surface area (Å²) in [6.45, 7) is 0.724. The number of fused-ring (bicyclic) bond motifs is 1. The van der Waals surface area contributed by atoms with Gasteiger partial charge in [0, 0.05) is 29.3 Å². The van der Waals surface area contributed by atoms with Gasteiger partial charge in [0.2, 0.25) is 0 Å². The number of nitrogens with zero attached hydrogens (tertiary/aromatic N) is 1. The van der Waals surface area contributed by atoms with Crippen LogP contribution in [0.1, 0.15) is 54.5 Å². The molecular formula is C22H24ClN3O4S. The van der Waals surface area contributed by atoms with Crippen LogP contribution in [0.5, 0.6) is 0 Å². The molecule has 2 N–H and O–H groups in total. The number of nitrogens with one attached hydrogen (secondary N) is 2. The topological polar surface area (TPSA) is 97.4 Å². The van der Waals surface area contributed by atoms with Crippen molar-refractivity contribution in [2.24, 2.45) is 5.41 Å². The molecule has 164 valence electrons. The maximum absolute atomic E-state index is 12.7. The second-order valence-corrected chi connectivity index (χ2v) is 12.3. The van der Waals surface area contributed by atoms with Crippen LogP contribution in [-0.4, -0.2) is 33.4 Å².